The van der Waals surface area contributed by atoms with Crippen LogP contribution in [0.3, 0.4) is 0 Å². The zero-order valence-electron chi connectivity index (χ0n) is 11.7. The van der Waals surface area contributed by atoms with Gasteiger partial charge in [-0.3, -0.25) is 4.79 Å². The largest absolute Gasteiger partial charge is 0.322 e. The summed E-state index contributed by atoms with van der Waals surface area (Å²) in [5, 5.41) is 11.5. The molecule has 2 aromatic rings. The molecule has 0 aliphatic carbocycles. The molecule has 0 bridgehead atoms. The summed E-state index contributed by atoms with van der Waals surface area (Å²) in [6.45, 7) is 3.68. The fourth-order valence-electron chi connectivity index (χ4n) is 1.81. The van der Waals surface area contributed by atoms with E-state index in [9.17, 15) is 4.79 Å². The summed E-state index contributed by atoms with van der Waals surface area (Å²) in [5.74, 6) is 4.87. The maximum absolute atomic E-state index is 12.1. The van der Waals surface area contributed by atoms with Crippen molar-refractivity contribution in [3.8, 4) is 0 Å². The lowest BCUT2D eigenvalue weighted by molar-refractivity contribution is 0.102. The number of rotatable bonds is 5. The quantitative estimate of drug-likeness (QED) is 0.342. The standard InChI is InChI=1S/C15H15N5OS/c1-11(22)20(19-18-16)14-9-5-8-13(10-14)17-15(21)12-6-3-2-4-7-12/h2-10,22H,1H2,(H2,16,19)(H,17,21). The molecule has 22 heavy (non-hydrogen) atoms. The van der Waals surface area contributed by atoms with E-state index in [4.69, 9.17) is 5.84 Å². The average molecular weight is 313 g/mol. The van der Waals surface area contributed by atoms with Gasteiger partial charge in [0.2, 0.25) is 0 Å². The van der Waals surface area contributed by atoms with Crippen molar-refractivity contribution in [1.82, 2.24) is 0 Å². The second-order valence-electron chi connectivity index (χ2n) is 4.30. The SMILES string of the molecule is C=C(S)N(/N=N\N)c1cccc(NC(=O)c2ccccc2)c1. The van der Waals surface area contributed by atoms with Gasteiger partial charge in [-0.05, 0) is 35.6 Å². The van der Waals surface area contributed by atoms with Gasteiger partial charge in [0, 0.05) is 11.3 Å². The highest BCUT2D eigenvalue weighted by Gasteiger charge is 2.10. The molecule has 0 spiro atoms. The van der Waals surface area contributed by atoms with Gasteiger partial charge in [-0.1, -0.05) is 36.1 Å². The van der Waals surface area contributed by atoms with Gasteiger partial charge in [0.05, 0.1) is 10.7 Å². The number of nitrogens with two attached hydrogens (primary N) is 1. The minimum absolute atomic E-state index is 0.200. The van der Waals surface area contributed by atoms with E-state index in [1.54, 1.807) is 48.5 Å². The molecule has 0 aliphatic rings. The highest BCUT2D eigenvalue weighted by molar-refractivity contribution is 7.84. The van der Waals surface area contributed by atoms with Gasteiger partial charge in [-0.25, -0.2) is 5.01 Å². The molecule has 112 valence electrons. The number of hydrogen-bond acceptors (Lipinski definition) is 4. The van der Waals surface area contributed by atoms with E-state index >= 15 is 0 Å². The fourth-order valence-corrected chi connectivity index (χ4v) is 1.97. The summed E-state index contributed by atoms with van der Waals surface area (Å²) >= 11 is 4.13. The Hall–Kier alpha value is -2.80. The second kappa shape index (κ2) is 7.28. The molecule has 2 rings (SSSR count). The highest BCUT2D eigenvalue weighted by atomic mass is 32.1. The fraction of sp³-hybridized carbons (Fsp3) is 0. The predicted molar refractivity (Wildman–Crippen MR) is 90.5 cm³/mol. The third-order valence-corrected chi connectivity index (χ3v) is 2.96. The molecule has 3 N–H and O–H groups in total. The van der Waals surface area contributed by atoms with Crippen LogP contribution in [0.1, 0.15) is 10.4 Å². The Labute approximate surface area is 133 Å². The first kappa shape index (κ1) is 15.6. The van der Waals surface area contributed by atoms with Crippen molar-refractivity contribution in [2.24, 2.45) is 16.3 Å². The molecule has 0 aliphatic heterocycles. The number of nitrogens with zero attached hydrogens (tertiary/aromatic N) is 3. The van der Waals surface area contributed by atoms with Crippen LogP contribution >= 0.6 is 12.6 Å². The molecule has 2 aromatic carbocycles. The normalized spacial score (nSPS) is 10.4. The lowest BCUT2D eigenvalue weighted by Crippen LogP contribution is -2.14. The zero-order chi connectivity index (χ0) is 15.9. The Morgan fingerprint density at radius 3 is 2.55 bits per heavy atom. The van der Waals surface area contributed by atoms with Crippen LogP contribution in [0, 0.1) is 0 Å². The van der Waals surface area contributed by atoms with Gasteiger partial charge in [-0.2, -0.15) is 0 Å². The van der Waals surface area contributed by atoms with Crippen molar-refractivity contribution in [3.05, 3.63) is 71.8 Å². The number of thiol groups is 1. The Balaban J connectivity index is 2.21. The minimum atomic E-state index is -0.200. The molecule has 0 atom stereocenters. The summed E-state index contributed by atoms with van der Waals surface area (Å²) in [5.41, 5.74) is 1.81. The van der Waals surface area contributed by atoms with Gasteiger partial charge >= 0.3 is 0 Å². The maximum atomic E-state index is 12.1. The van der Waals surface area contributed by atoms with Crippen LogP contribution in [0.4, 0.5) is 11.4 Å². The van der Waals surface area contributed by atoms with Crippen molar-refractivity contribution < 1.29 is 4.79 Å². The average Bonchev–Trinajstić information content (AvgIpc) is 2.53. The molecule has 7 heteroatoms. The third-order valence-electron chi connectivity index (χ3n) is 2.77. The first-order valence-electron chi connectivity index (χ1n) is 6.37. The first-order chi connectivity index (χ1) is 10.6. The van der Waals surface area contributed by atoms with Crippen LogP contribution in [-0.4, -0.2) is 5.91 Å². The molecule has 0 fully saturated rings. The summed E-state index contributed by atoms with van der Waals surface area (Å²) in [7, 11) is 0. The number of amides is 1. The predicted octanol–water partition coefficient (Wildman–Crippen LogP) is 3.39. The molecular formula is C15H15N5OS. The molecular weight excluding hydrogens is 298 g/mol. The molecule has 0 saturated heterocycles. The number of carbonyl (C=O) groups excluding carboxylic acids is 1. The maximum Gasteiger partial charge on any atom is 0.255 e. The Morgan fingerprint density at radius 1 is 1.18 bits per heavy atom. The zero-order valence-corrected chi connectivity index (χ0v) is 12.6. The number of carbonyl (C=O) groups is 1. The molecule has 6 nitrogen and oxygen atoms in total. The van der Waals surface area contributed by atoms with Gasteiger partial charge in [0.15, 0.2) is 0 Å². The third kappa shape index (κ3) is 3.86. The summed E-state index contributed by atoms with van der Waals surface area (Å²) in [4.78, 5) is 12.1. The highest BCUT2D eigenvalue weighted by Crippen LogP contribution is 2.24. The molecule has 0 aromatic heterocycles. The molecule has 0 radical (unpaired) electrons. The summed E-state index contributed by atoms with van der Waals surface area (Å²) in [6, 6.07) is 16.0. The van der Waals surface area contributed by atoms with E-state index in [1.165, 1.54) is 5.01 Å². The molecule has 0 heterocycles. The van der Waals surface area contributed by atoms with E-state index in [0.717, 1.165) is 0 Å². The van der Waals surface area contributed by atoms with Gasteiger partial charge < -0.3 is 11.2 Å². The van der Waals surface area contributed by atoms with E-state index < -0.39 is 0 Å². The Bertz CT molecular complexity index is 702. The van der Waals surface area contributed by atoms with Crippen LogP contribution in [0.5, 0.6) is 0 Å². The van der Waals surface area contributed by atoms with Crippen molar-refractivity contribution >= 4 is 29.9 Å². The van der Waals surface area contributed by atoms with E-state index in [0.29, 0.717) is 22.0 Å². The summed E-state index contributed by atoms with van der Waals surface area (Å²) in [6.07, 6.45) is 0. The molecule has 1 amide bonds. The monoisotopic (exact) mass is 313 g/mol. The minimum Gasteiger partial charge on any atom is -0.322 e. The number of anilines is 2. The van der Waals surface area contributed by atoms with Crippen LogP contribution in [0.25, 0.3) is 0 Å². The number of nitrogens with one attached hydrogen (secondary N) is 1. The number of hydrogen-bond donors (Lipinski definition) is 3. The lowest BCUT2D eigenvalue weighted by atomic mass is 10.2. The van der Waals surface area contributed by atoms with E-state index in [-0.39, 0.29) is 5.91 Å². The van der Waals surface area contributed by atoms with Gasteiger partial charge in [-0.15, -0.1) is 12.6 Å². The molecule has 0 saturated carbocycles. The summed E-state index contributed by atoms with van der Waals surface area (Å²) < 4.78 is 0. The van der Waals surface area contributed by atoms with Crippen molar-refractivity contribution in [2.45, 2.75) is 0 Å². The van der Waals surface area contributed by atoms with E-state index in [2.05, 4.69) is 35.0 Å². The van der Waals surface area contributed by atoms with Crippen molar-refractivity contribution in [2.75, 3.05) is 10.3 Å². The van der Waals surface area contributed by atoms with Gasteiger partial charge in [0.1, 0.15) is 0 Å². The van der Waals surface area contributed by atoms with Gasteiger partial charge in [0.25, 0.3) is 5.91 Å². The van der Waals surface area contributed by atoms with Crippen LogP contribution in [0.2, 0.25) is 0 Å². The number of benzene rings is 2. The topological polar surface area (TPSA) is 83.1 Å². The van der Waals surface area contributed by atoms with Crippen LogP contribution < -0.4 is 16.2 Å². The van der Waals surface area contributed by atoms with Crippen LogP contribution in [0.15, 0.2) is 76.7 Å². The van der Waals surface area contributed by atoms with Crippen molar-refractivity contribution in [3.63, 3.8) is 0 Å². The van der Waals surface area contributed by atoms with Crippen molar-refractivity contribution in [1.29, 1.82) is 0 Å². The van der Waals surface area contributed by atoms with Crippen LogP contribution in [-0.2, 0) is 0 Å². The smallest absolute Gasteiger partial charge is 0.255 e. The lowest BCUT2D eigenvalue weighted by Gasteiger charge is -2.17. The van der Waals surface area contributed by atoms with E-state index in [1.807, 2.05) is 6.07 Å². The molecule has 0 unspecified atom stereocenters. The first-order valence-corrected chi connectivity index (χ1v) is 6.82. The second-order valence-corrected chi connectivity index (χ2v) is 4.82. The Morgan fingerprint density at radius 2 is 1.91 bits per heavy atom. The Kier molecular flexibility index (Phi) is 5.16.